The quantitative estimate of drug-likeness (QED) is 0.782. The van der Waals surface area contributed by atoms with Gasteiger partial charge in [0.05, 0.1) is 5.69 Å². The smallest absolute Gasteiger partial charge is 0.410 e. The van der Waals surface area contributed by atoms with Gasteiger partial charge in [-0.1, -0.05) is 30.3 Å². The Morgan fingerprint density at radius 2 is 1.72 bits per heavy atom. The van der Waals surface area contributed by atoms with Gasteiger partial charge in [-0.3, -0.25) is 0 Å². The van der Waals surface area contributed by atoms with Crippen LogP contribution in [-0.2, 0) is 0 Å². The standard InChI is InChI=1S/C19H18N4O2/c1-23(2)19(24)25-16-10-8-15(9-11-16)22-18-12-17(20-13-21-18)14-6-4-3-5-7-14/h3-13H,1-2H3,(H,20,21,22). The lowest BCUT2D eigenvalue weighted by Gasteiger charge is -2.11. The average molecular weight is 334 g/mol. The van der Waals surface area contributed by atoms with Crippen molar-refractivity contribution in [1.29, 1.82) is 0 Å². The molecule has 0 radical (unpaired) electrons. The second-order valence-electron chi connectivity index (χ2n) is 5.57. The van der Waals surface area contributed by atoms with Crippen LogP contribution in [0.2, 0.25) is 0 Å². The van der Waals surface area contributed by atoms with Crippen molar-refractivity contribution in [2.24, 2.45) is 0 Å². The first-order valence-corrected chi connectivity index (χ1v) is 7.75. The molecule has 0 atom stereocenters. The highest BCUT2D eigenvalue weighted by atomic mass is 16.6. The molecule has 0 fully saturated rings. The van der Waals surface area contributed by atoms with E-state index in [4.69, 9.17) is 4.74 Å². The number of amides is 1. The first-order valence-electron chi connectivity index (χ1n) is 7.75. The fraction of sp³-hybridized carbons (Fsp3) is 0.105. The van der Waals surface area contributed by atoms with Gasteiger partial charge in [0.25, 0.3) is 0 Å². The van der Waals surface area contributed by atoms with E-state index in [0.29, 0.717) is 11.6 Å². The van der Waals surface area contributed by atoms with Crippen molar-refractivity contribution in [1.82, 2.24) is 14.9 Å². The van der Waals surface area contributed by atoms with Gasteiger partial charge in [0.2, 0.25) is 0 Å². The minimum Gasteiger partial charge on any atom is -0.410 e. The Labute approximate surface area is 146 Å². The van der Waals surface area contributed by atoms with E-state index in [1.54, 1.807) is 26.2 Å². The van der Waals surface area contributed by atoms with E-state index in [9.17, 15) is 4.79 Å². The maximum atomic E-state index is 11.5. The number of hydrogen-bond donors (Lipinski definition) is 1. The van der Waals surface area contributed by atoms with E-state index in [2.05, 4.69) is 15.3 Å². The van der Waals surface area contributed by atoms with Gasteiger partial charge in [-0.15, -0.1) is 0 Å². The summed E-state index contributed by atoms with van der Waals surface area (Å²) in [6, 6.07) is 18.9. The van der Waals surface area contributed by atoms with E-state index in [-0.39, 0.29) is 0 Å². The molecule has 0 saturated heterocycles. The molecule has 0 saturated carbocycles. The molecule has 3 aromatic rings. The number of hydrogen-bond acceptors (Lipinski definition) is 5. The molecule has 1 aromatic heterocycles. The van der Waals surface area contributed by atoms with Gasteiger partial charge in [0, 0.05) is 31.4 Å². The normalized spacial score (nSPS) is 10.2. The summed E-state index contributed by atoms with van der Waals surface area (Å²) in [6.07, 6.45) is 1.11. The molecular formula is C19H18N4O2. The molecule has 0 bridgehead atoms. The van der Waals surface area contributed by atoms with E-state index < -0.39 is 6.09 Å². The second-order valence-corrected chi connectivity index (χ2v) is 5.57. The summed E-state index contributed by atoms with van der Waals surface area (Å²) >= 11 is 0. The zero-order chi connectivity index (χ0) is 17.6. The van der Waals surface area contributed by atoms with Crippen LogP contribution < -0.4 is 10.1 Å². The summed E-state index contributed by atoms with van der Waals surface area (Å²) in [5.41, 5.74) is 2.70. The van der Waals surface area contributed by atoms with Crippen LogP contribution >= 0.6 is 0 Å². The zero-order valence-corrected chi connectivity index (χ0v) is 14.0. The second kappa shape index (κ2) is 7.44. The highest BCUT2D eigenvalue weighted by molar-refractivity contribution is 5.70. The zero-order valence-electron chi connectivity index (χ0n) is 14.0. The molecule has 2 aromatic carbocycles. The van der Waals surface area contributed by atoms with Crippen LogP contribution in [0.1, 0.15) is 0 Å². The Balaban J connectivity index is 1.71. The fourth-order valence-electron chi connectivity index (χ4n) is 2.14. The molecule has 0 aliphatic heterocycles. The molecule has 0 unspecified atom stereocenters. The van der Waals surface area contributed by atoms with Crippen LogP contribution in [-0.4, -0.2) is 35.1 Å². The van der Waals surface area contributed by atoms with Gasteiger partial charge in [0.1, 0.15) is 17.9 Å². The molecule has 6 heteroatoms. The molecule has 6 nitrogen and oxygen atoms in total. The predicted molar refractivity (Wildman–Crippen MR) is 96.9 cm³/mol. The van der Waals surface area contributed by atoms with Crippen LogP contribution in [0, 0.1) is 0 Å². The van der Waals surface area contributed by atoms with Crippen molar-refractivity contribution in [2.75, 3.05) is 19.4 Å². The molecule has 0 aliphatic carbocycles. The van der Waals surface area contributed by atoms with Crippen molar-refractivity contribution in [2.45, 2.75) is 0 Å². The maximum Gasteiger partial charge on any atom is 0.414 e. The molecule has 0 spiro atoms. The number of rotatable bonds is 4. The minimum atomic E-state index is -0.413. The largest absolute Gasteiger partial charge is 0.414 e. The number of carbonyl (C=O) groups excluding carboxylic acids is 1. The Bertz CT molecular complexity index is 849. The molecule has 1 heterocycles. The summed E-state index contributed by atoms with van der Waals surface area (Å²) in [5, 5.41) is 3.22. The predicted octanol–water partition coefficient (Wildman–Crippen LogP) is 3.95. The van der Waals surface area contributed by atoms with Gasteiger partial charge in [-0.05, 0) is 24.3 Å². The summed E-state index contributed by atoms with van der Waals surface area (Å²) in [4.78, 5) is 21.4. The van der Waals surface area contributed by atoms with Crippen molar-refractivity contribution in [3.63, 3.8) is 0 Å². The Morgan fingerprint density at radius 3 is 2.40 bits per heavy atom. The number of ether oxygens (including phenoxy) is 1. The Kier molecular flexibility index (Phi) is 4.89. The van der Waals surface area contributed by atoms with Gasteiger partial charge >= 0.3 is 6.09 Å². The van der Waals surface area contributed by atoms with Crippen LogP contribution in [0.25, 0.3) is 11.3 Å². The third-order valence-electron chi connectivity index (χ3n) is 3.43. The van der Waals surface area contributed by atoms with E-state index in [1.165, 1.54) is 11.2 Å². The maximum absolute atomic E-state index is 11.5. The van der Waals surface area contributed by atoms with Gasteiger partial charge in [0.15, 0.2) is 0 Å². The van der Waals surface area contributed by atoms with Crippen molar-refractivity contribution >= 4 is 17.6 Å². The summed E-state index contributed by atoms with van der Waals surface area (Å²) < 4.78 is 5.19. The lowest BCUT2D eigenvalue weighted by atomic mass is 10.1. The SMILES string of the molecule is CN(C)C(=O)Oc1ccc(Nc2cc(-c3ccccc3)ncn2)cc1. The highest BCUT2D eigenvalue weighted by Crippen LogP contribution is 2.22. The molecule has 126 valence electrons. The number of anilines is 2. The first-order chi connectivity index (χ1) is 12.1. The Morgan fingerprint density at radius 1 is 1.00 bits per heavy atom. The van der Waals surface area contributed by atoms with Gasteiger partial charge < -0.3 is 15.0 Å². The fourth-order valence-corrected chi connectivity index (χ4v) is 2.14. The third kappa shape index (κ3) is 4.32. The molecule has 3 rings (SSSR count). The van der Waals surface area contributed by atoms with Gasteiger partial charge in [-0.2, -0.15) is 0 Å². The first kappa shape index (κ1) is 16.4. The lowest BCUT2D eigenvalue weighted by molar-refractivity contribution is 0.172. The third-order valence-corrected chi connectivity index (χ3v) is 3.43. The van der Waals surface area contributed by atoms with Crippen molar-refractivity contribution in [3.05, 3.63) is 67.0 Å². The van der Waals surface area contributed by atoms with Crippen molar-refractivity contribution in [3.8, 4) is 17.0 Å². The average Bonchev–Trinajstić information content (AvgIpc) is 2.64. The van der Waals surface area contributed by atoms with Crippen molar-refractivity contribution < 1.29 is 9.53 Å². The molecule has 0 aliphatic rings. The minimum absolute atomic E-state index is 0.413. The van der Waals surface area contributed by atoms with Crippen LogP contribution in [0.3, 0.4) is 0 Å². The monoisotopic (exact) mass is 334 g/mol. The summed E-state index contributed by atoms with van der Waals surface area (Å²) in [5.74, 6) is 1.17. The summed E-state index contributed by atoms with van der Waals surface area (Å²) in [7, 11) is 3.27. The summed E-state index contributed by atoms with van der Waals surface area (Å²) in [6.45, 7) is 0. The van der Waals surface area contributed by atoms with Crippen LogP contribution in [0.4, 0.5) is 16.3 Å². The molecule has 1 N–H and O–H groups in total. The molecule has 1 amide bonds. The van der Waals surface area contributed by atoms with Gasteiger partial charge in [-0.25, -0.2) is 14.8 Å². The number of aromatic nitrogens is 2. The number of carbonyl (C=O) groups is 1. The number of benzene rings is 2. The number of nitrogens with one attached hydrogen (secondary N) is 1. The van der Waals surface area contributed by atoms with Crippen LogP contribution in [0.15, 0.2) is 67.0 Å². The topological polar surface area (TPSA) is 67.3 Å². The number of nitrogens with zero attached hydrogens (tertiary/aromatic N) is 3. The molecular weight excluding hydrogens is 316 g/mol. The Hall–Kier alpha value is -3.41. The lowest BCUT2D eigenvalue weighted by Crippen LogP contribution is -2.25. The highest BCUT2D eigenvalue weighted by Gasteiger charge is 2.07. The van der Waals surface area contributed by atoms with E-state index in [0.717, 1.165) is 16.9 Å². The van der Waals surface area contributed by atoms with E-state index in [1.807, 2.05) is 48.5 Å². The molecule has 25 heavy (non-hydrogen) atoms. The van der Waals surface area contributed by atoms with E-state index >= 15 is 0 Å². The van der Waals surface area contributed by atoms with Crippen LogP contribution in [0.5, 0.6) is 5.75 Å².